The second-order valence-electron chi connectivity index (χ2n) is 8.85. The van der Waals surface area contributed by atoms with Crippen LogP contribution in [0.1, 0.15) is 30.8 Å². The molecule has 0 saturated carbocycles. The number of hydrogen-bond acceptors (Lipinski definition) is 7. The van der Waals surface area contributed by atoms with Gasteiger partial charge in [0, 0.05) is 18.3 Å². The van der Waals surface area contributed by atoms with Gasteiger partial charge in [0.15, 0.2) is 0 Å². The van der Waals surface area contributed by atoms with E-state index in [0.29, 0.717) is 46.2 Å². The van der Waals surface area contributed by atoms with E-state index in [0.717, 1.165) is 6.20 Å². The molecule has 1 aliphatic rings. The summed E-state index contributed by atoms with van der Waals surface area (Å²) < 4.78 is 37.0. The SMILES string of the molecule is Cc1c(-c2cc(OCC(C)(O)c3ccc(F)cn3)c3c(Cl)cnn3c2)nnn1[C@@H]1CCNC[C@@H]1F. The Kier molecular flexibility index (Phi) is 6.16. The minimum Gasteiger partial charge on any atom is -0.488 e. The highest BCUT2D eigenvalue weighted by Gasteiger charge is 2.30. The molecule has 3 atom stereocenters. The first-order chi connectivity index (χ1) is 16.7. The summed E-state index contributed by atoms with van der Waals surface area (Å²) in [5.41, 5.74) is 1.17. The molecule has 0 bridgehead atoms. The lowest BCUT2D eigenvalue weighted by Crippen LogP contribution is -2.39. The van der Waals surface area contributed by atoms with Crippen LogP contribution in [-0.2, 0) is 5.60 Å². The van der Waals surface area contributed by atoms with E-state index in [2.05, 4.69) is 25.7 Å². The Labute approximate surface area is 204 Å². The summed E-state index contributed by atoms with van der Waals surface area (Å²) in [5, 5.41) is 27.1. The molecule has 184 valence electrons. The Hall–Kier alpha value is -3.15. The lowest BCUT2D eigenvalue weighted by molar-refractivity contribution is 0.00420. The van der Waals surface area contributed by atoms with Gasteiger partial charge in [-0.15, -0.1) is 5.10 Å². The Balaban J connectivity index is 1.48. The van der Waals surface area contributed by atoms with Gasteiger partial charge < -0.3 is 15.2 Å². The van der Waals surface area contributed by atoms with Crippen molar-refractivity contribution in [1.29, 1.82) is 0 Å². The van der Waals surface area contributed by atoms with Gasteiger partial charge in [-0.2, -0.15) is 5.10 Å². The fraction of sp³-hybridized carbons (Fsp3) is 0.391. The van der Waals surface area contributed by atoms with Gasteiger partial charge >= 0.3 is 0 Å². The first-order valence-electron chi connectivity index (χ1n) is 11.2. The molecule has 1 aliphatic heterocycles. The molecule has 4 aromatic rings. The topological polar surface area (TPSA) is 102 Å². The number of ether oxygens (including phenoxy) is 1. The molecule has 1 saturated heterocycles. The van der Waals surface area contributed by atoms with Gasteiger partial charge in [-0.1, -0.05) is 16.8 Å². The van der Waals surface area contributed by atoms with Crippen LogP contribution in [0.15, 0.2) is 36.8 Å². The average molecular weight is 504 g/mol. The quantitative estimate of drug-likeness (QED) is 0.416. The van der Waals surface area contributed by atoms with Crippen LogP contribution in [0, 0.1) is 12.7 Å². The molecule has 12 heteroatoms. The molecule has 4 aromatic heterocycles. The highest BCUT2D eigenvalue weighted by atomic mass is 35.5. The van der Waals surface area contributed by atoms with Gasteiger partial charge in [-0.3, -0.25) is 4.98 Å². The van der Waals surface area contributed by atoms with E-state index in [1.165, 1.54) is 25.3 Å². The zero-order valence-corrected chi connectivity index (χ0v) is 19.9. The number of nitrogens with one attached hydrogen (secondary N) is 1. The maximum Gasteiger partial charge on any atom is 0.147 e. The first-order valence-corrected chi connectivity index (χ1v) is 11.5. The lowest BCUT2D eigenvalue weighted by Gasteiger charge is -2.27. The number of piperidine rings is 1. The second kappa shape index (κ2) is 9.14. The zero-order chi connectivity index (χ0) is 24.7. The van der Waals surface area contributed by atoms with Crippen LogP contribution in [0.5, 0.6) is 5.75 Å². The summed E-state index contributed by atoms with van der Waals surface area (Å²) in [5.74, 6) is -0.149. The molecule has 2 N–H and O–H groups in total. The van der Waals surface area contributed by atoms with Crippen molar-refractivity contribution in [1.82, 2.24) is 34.9 Å². The average Bonchev–Trinajstić information content (AvgIpc) is 3.40. The smallest absolute Gasteiger partial charge is 0.147 e. The highest BCUT2D eigenvalue weighted by Crippen LogP contribution is 2.34. The molecule has 0 aliphatic carbocycles. The van der Waals surface area contributed by atoms with Gasteiger partial charge in [0.05, 0.1) is 34.8 Å². The third-order valence-electron chi connectivity index (χ3n) is 6.21. The summed E-state index contributed by atoms with van der Waals surface area (Å²) in [6, 6.07) is 3.96. The maximum atomic E-state index is 14.5. The largest absolute Gasteiger partial charge is 0.488 e. The van der Waals surface area contributed by atoms with Crippen LogP contribution in [0.2, 0.25) is 5.02 Å². The second-order valence-corrected chi connectivity index (χ2v) is 9.25. The normalized spacial score (nSPS) is 20.2. The number of aromatic nitrogens is 6. The van der Waals surface area contributed by atoms with E-state index in [1.54, 1.807) is 21.5 Å². The Morgan fingerprint density at radius 1 is 1.34 bits per heavy atom. The van der Waals surface area contributed by atoms with Gasteiger partial charge in [-0.05, 0) is 45.0 Å². The van der Waals surface area contributed by atoms with Gasteiger partial charge in [0.1, 0.15) is 41.2 Å². The van der Waals surface area contributed by atoms with Crippen LogP contribution in [0.4, 0.5) is 8.78 Å². The summed E-state index contributed by atoms with van der Waals surface area (Å²) in [4.78, 5) is 3.96. The number of pyridine rings is 2. The molecular formula is C23H24ClF2N7O2. The molecule has 5 rings (SSSR count). The fourth-order valence-corrected chi connectivity index (χ4v) is 4.50. The van der Waals surface area contributed by atoms with Crippen molar-refractivity contribution >= 4 is 17.1 Å². The van der Waals surface area contributed by atoms with Crippen LogP contribution < -0.4 is 10.1 Å². The number of nitrogens with zero attached hydrogens (tertiary/aromatic N) is 6. The molecular weight excluding hydrogens is 480 g/mol. The van der Waals surface area contributed by atoms with Crippen molar-refractivity contribution in [3.8, 4) is 17.0 Å². The van der Waals surface area contributed by atoms with E-state index in [1.807, 2.05) is 6.92 Å². The van der Waals surface area contributed by atoms with Gasteiger partial charge in [0.25, 0.3) is 0 Å². The van der Waals surface area contributed by atoms with Gasteiger partial charge in [-0.25, -0.2) is 18.0 Å². The number of alkyl halides is 1. The van der Waals surface area contributed by atoms with Crippen LogP contribution in [-0.4, -0.2) is 60.6 Å². The summed E-state index contributed by atoms with van der Waals surface area (Å²) >= 11 is 6.35. The number of hydrogen-bond donors (Lipinski definition) is 2. The van der Waals surface area contributed by atoms with E-state index in [9.17, 15) is 13.9 Å². The van der Waals surface area contributed by atoms with E-state index < -0.39 is 23.6 Å². The van der Waals surface area contributed by atoms with Crippen LogP contribution in [0.3, 0.4) is 0 Å². The maximum absolute atomic E-state index is 14.5. The molecule has 9 nitrogen and oxygen atoms in total. The summed E-state index contributed by atoms with van der Waals surface area (Å²) in [6.07, 6.45) is 3.81. The van der Waals surface area contributed by atoms with Crippen molar-refractivity contribution in [2.24, 2.45) is 0 Å². The molecule has 0 amide bonds. The van der Waals surface area contributed by atoms with E-state index in [4.69, 9.17) is 16.3 Å². The monoisotopic (exact) mass is 503 g/mol. The van der Waals surface area contributed by atoms with Crippen molar-refractivity contribution in [3.63, 3.8) is 0 Å². The molecule has 0 radical (unpaired) electrons. The van der Waals surface area contributed by atoms with Crippen LogP contribution >= 0.6 is 11.6 Å². The number of aliphatic hydroxyl groups is 1. The molecule has 35 heavy (non-hydrogen) atoms. The fourth-order valence-electron chi connectivity index (χ4n) is 4.28. The third-order valence-corrected chi connectivity index (χ3v) is 6.49. The molecule has 1 unspecified atom stereocenters. The number of halogens is 3. The van der Waals surface area contributed by atoms with Crippen molar-refractivity contribution < 1.29 is 18.6 Å². The predicted molar refractivity (Wildman–Crippen MR) is 125 cm³/mol. The number of fused-ring (bicyclic) bond motifs is 1. The zero-order valence-electron chi connectivity index (χ0n) is 19.1. The third kappa shape index (κ3) is 4.46. The molecule has 0 aromatic carbocycles. The minimum atomic E-state index is -1.50. The predicted octanol–water partition coefficient (Wildman–Crippen LogP) is 3.25. The van der Waals surface area contributed by atoms with Crippen LogP contribution in [0.25, 0.3) is 16.8 Å². The Morgan fingerprint density at radius 2 is 2.17 bits per heavy atom. The standard InChI is InChI=1S/C23H24ClF2N7O2/c1-13-21(30-31-33(13)18-5-6-27-10-17(18)26)14-7-19(22-16(24)9-29-32(22)11-14)35-12-23(2,34)20-4-3-15(25)8-28-20/h3-4,7-9,11,17-18,27,34H,5-6,10,12H2,1-2H3/t17-,18+,23?/m0/s1. The van der Waals surface area contributed by atoms with Gasteiger partial charge in [0.2, 0.25) is 0 Å². The highest BCUT2D eigenvalue weighted by molar-refractivity contribution is 6.34. The molecule has 1 fully saturated rings. The van der Waals surface area contributed by atoms with Crippen molar-refractivity contribution in [2.45, 2.75) is 38.1 Å². The lowest BCUT2D eigenvalue weighted by atomic mass is 10.0. The summed E-state index contributed by atoms with van der Waals surface area (Å²) in [6.45, 7) is 4.16. The Morgan fingerprint density at radius 3 is 2.91 bits per heavy atom. The first kappa shape index (κ1) is 23.6. The van der Waals surface area contributed by atoms with E-state index in [-0.39, 0.29) is 18.8 Å². The van der Waals surface area contributed by atoms with Crippen molar-refractivity contribution in [3.05, 3.63) is 59.0 Å². The number of rotatable bonds is 6. The van der Waals surface area contributed by atoms with Crippen molar-refractivity contribution in [2.75, 3.05) is 19.7 Å². The molecule has 5 heterocycles. The molecule has 0 spiro atoms. The summed E-state index contributed by atoms with van der Waals surface area (Å²) in [7, 11) is 0. The minimum absolute atomic E-state index is 0.184. The Bertz CT molecular complexity index is 1360. The van der Waals surface area contributed by atoms with E-state index >= 15 is 0 Å².